The Bertz CT molecular complexity index is 697. The fourth-order valence-corrected chi connectivity index (χ4v) is 3.15. The van der Waals surface area contributed by atoms with Gasteiger partial charge in [-0.25, -0.2) is 0 Å². The number of fused-ring (bicyclic) bond motifs is 3. The summed E-state index contributed by atoms with van der Waals surface area (Å²) in [7, 11) is 3.27. The highest BCUT2D eigenvalue weighted by atomic mass is 16.5. The lowest BCUT2D eigenvalue weighted by molar-refractivity contribution is 0.373. The van der Waals surface area contributed by atoms with Gasteiger partial charge in [-0.3, -0.25) is 0 Å². The number of benzene rings is 2. The van der Waals surface area contributed by atoms with Gasteiger partial charge in [0.1, 0.15) is 5.75 Å². The third-order valence-corrected chi connectivity index (χ3v) is 4.38. The summed E-state index contributed by atoms with van der Waals surface area (Å²) >= 11 is 0. The highest BCUT2D eigenvalue weighted by molar-refractivity contribution is 5.74. The van der Waals surface area contributed by atoms with Crippen LogP contribution >= 0.6 is 0 Å². The number of aromatic hydroxyl groups is 1. The first-order valence-electron chi connectivity index (χ1n) is 8.01. The van der Waals surface area contributed by atoms with Crippen molar-refractivity contribution in [2.24, 2.45) is 0 Å². The van der Waals surface area contributed by atoms with Crippen molar-refractivity contribution in [2.45, 2.75) is 19.3 Å². The Morgan fingerprint density at radius 2 is 1.74 bits per heavy atom. The Kier molecular flexibility index (Phi) is 4.72. The lowest BCUT2D eigenvalue weighted by Crippen LogP contribution is -2.20. The molecule has 1 aliphatic rings. The van der Waals surface area contributed by atoms with Crippen molar-refractivity contribution in [1.29, 1.82) is 0 Å². The molecule has 0 saturated heterocycles. The first-order valence-corrected chi connectivity index (χ1v) is 8.01. The topological polar surface area (TPSA) is 50.7 Å². The lowest BCUT2D eigenvalue weighted by atomic mass is 9.91. The van der Waals surface area contributed by atoms with Gasteiger partial charge in [-0.15, -0.1) is 0 Å². The molecule has 0 aromatic heterocycles. The van der Waals surface area contributed by atoms with Crippen molar-refractivity contribution in [3.8, 4) is 28.4 Å². The molecule has 0 atom stereocenters. The minimum absolute atomic E-state index is 0.193. The Hall–Kier alpha value is -2.20. The number of phenolic OH excluding ortho intramolecular Hbond substituents is 1. The van der Waals surface area contributed by atoms with Crippen LogP contribution in [0.3, 0.4) is 0 Å². The first kappa shape index (κ1) is 15.7. The molecule has 4 heteroatoms. The van der Waals surface area contributed by atoms with E-state index >= 15 is 0 Å². The fourth-order valence-electron chi connectivity index (χ4n) is 3.15. The number of phenols is 1. The Labute approximate surface area is 137 Å². The Morgan fingerprint density at radius 1 is 0.913 bits per heavy atom. The third kappa shape index (κ3) is 3.27. The van der Waals surface area contributed by atoms with Gasteiger partial charge in [-0.2, -0.15) is 0 Å². The van der Waals surface area contributed by atoms with E-state index in [0.29, 0.717) is 5.75 Å². The van der Waals surface area contributed by atoms with Gasteiger partial charge in [-0.05, 0) is 78.9 Å². The molecule has 0 saturated carbocycles. The lowest BCUT2D eigenvalue weighted by Gasteiger charge is -2.19. The first-order chi connectivity index (χ1) is 11.2. The average molecular weight is 313 g/mol. The smallest absolute Gasteiger partial charge is 0.161 e. The van der Waals surface area contributed by atoms with Crippen LogP contribution in [0.25, 0.3) is 11.1 Å². The van der Waals surface area contributed by atoms with Gasteiger partial charge in [0, 0.05) is 0 Å². The summed E-state index contributed by atoms with van der Waals surface area (Å²) in [6, 6.07) is 9.98. The van der Waals surface area contributed by atoms with Crippen LogP contribution in [0.5, 0.6) is 17.2 Å². The van der Waals surface area contributed by atoms with Crippen LogP contribution in [0.1, 0.15) is 17.5 Å². The van der Waals surface area contributed by atoms with Crippen LogP contribution in [-0.4, -0.2) is 32.4 Å². The molecule has 0 aliphatic carbocycles. The number of ether oxygens (including phenoxy) is 2. The molecule has 122 valence electrons. The van der Waals surface area contributed by atoms with Crippen LogP contribution in [0.4, 0.5) is 0 Å². The summed E-state index contributed by atoms with van der Waals surface area (Å²) in [5, 5.41) is 13.6. The third-order valence-electron chi connectivity index (χ3n) is 4.38. The Balaban J connectivity index is 2.18. The largest absolute Gasteiger partial charge is 0.504 e. The van der Waals surface area contributed by atoms with Crippen LogP contribution in [0.15, 0.2) is 30.3 Å². The Morgan fingerprint density at radius 3 is 2.52 bits per heavy atom. The van der Waals surface area contributed by atoms with Gasteiger partial charge in [0.05, 0.1) is 14.2 Å². The molecule has 2 aromatic carbocycles. The van der Waals surface area contributed by atoms with E-state index in [1.165, 1.54) is 11.1 Å². The zero-order valence-electron chi connectivity index (χ0n) is 13.7. The summed E-state index contributed by atoms with van der Waals surface area (Å²) in [5.41, 5.74) is 4.72. The summed E-state index contributed by atoms with van der Waals surface area (Å²) < 4.78 is 10.7. The maximum Gasteiger partial charge on any atom is 0.161 e. The van der Waals surface area contributed by atoms with Crippen LogP contribution in [-0.2, 0) is 12.8 Å². The monoisotopic (exact) mass is 313 g/mol. The second kappa shape index (κ2) is 6.92. The molecule has 2 N–H and O–H groups in total. The van der Waals surface area contributed by atoms with Gasteiger partial charge < -0.3 is 19.9 Å². The van der Waals surface area contributed by atoms with E-state index in [-0.39, 0.29) is 5.75 Å². The summed E-state index contributed by atoms with van der Waals surface area (Å²) in [5.74, 6) is 1.58. The van der Waals surface area contributed by atoms with E-state index in [1.807, 2.05) is 18.2 Å². The van der Waals surface area contributed by atoms with E-state index in [2.05, 4.69) is 17.4 Å². The van der Waals surface area contributed by atoms with Crippen molar-refractivity contribution >= 4 is 0 Å². The molecule has 3 rings (SSSR count). The molecule has 0 radical (unpaired) electrons. The number of nitrogens with one attached hydrogen (secondary N) is 1. The van der Waals surface area contributed by atoms with E-state index < -0.39 is 0 Å². The van der Waals surface area contributed by atoms with Crippen molar-refractivity contribution in [3.05, 3.63) is 41.5 Å². The number of aryl methyl sites for hydroxylation is 1. The molecule has 0 fully saturated rings. The fraction of sp³-hybridized carbons (Fsp3) is 0.368. The summed E-state index contributed by atoms with van der Waals surface area (Å²) in [4.78, 5) is 0. The molecule has 0 amide bonds. The van der Waals surface area contributed by atoms with Crippen molar-refractivity contribution in [2.75, 3.05) is 27.3 Å². The number of rotatable bonds is 2. The van der Waals surface area contributed by atoms with Crippen molar-refractivity contribution in [3.63, 3.8) is 0 Å². The van der Waals surface area contributed by atoms with Gasteiger partial charge >= 0.3 is 0 Å². The molecule has 0 unspecified atom stereocenters. The van der Waals surface area contributed by atoms with E-state index in [9.17, 15) is 5.11 Å². The molecular weight excluding hydrogens is 290 g/mol. The quantitative estimate of drug-likeness (QED) is 0.894. The van der Waals surface area contributed by atoms with E-state index in [1.54, 1.807) is 14.2 Å². The van der Waals surface area contributed by atoms with E-state index in [0.717, 1.165) is 49.2 Å². The molecule has 1 aliphatic heterocycles. The van der Waals surface area contributed by atoms with Gasteiger partial charge in [0.15, 0.2) is 11.5 Å². The number of hydrogen-bond donors (Lipinski definition) is 2. The van der Waals surface area contributed by atoms with Gasteiger partial charge in [0.25, 0.3) is 0 Å². The van der Waals surface area contributed by atoms with Crippen molar-refractivity contribution < 1.29 is 14.6 Å². The van der Waals surface area contributed by atoms with Gasteiger partial charge in [0.2, 0.25) is 0 Å². The van der Waals surface area contributed by atoms with Crippen LogP contribution < -0.4 is 14.8 Å². The number of methoxy groups -OCH3 is 2. The molecule has 2 aromatic rings. The zero-order chi connectivity index (χ0) is 16.2. The second-order valence-corrected chi connectivity index (χ2v) is 5.81. The van der Waals surface area contributed by atoms with Crippen molar-refractivity contribution in [1.82, 2.24) is 5.32 Å². The number of hydrogen-bond acceptors (Lipinski definition) is 4. The highest BCUT2D eigenvalue weighted by Gasteiger charge is 2.16. The average Bonchev–Trinajstić information content (AvgIpc) is 2.58. The second-order valence-electron chi connectivity index (χ2n) is 5.81. The zero-order valence-corrected chi connectivity index (χ0v) is 13.7. The molecule has 23 heavy (non-hydrogen) atoms. The molecule has 0 bridgehead atoms. The predicted molar refractivity (Wildman–Crippen MR) is 91.5 cm³/mol. The highest BCUT2D eigenvalue weighted by Crippen LogP contribution is 2.38. The summed E-state index contributed by atoms with van der Waals surface area (Å²) in [6.07, 6.45) is 2.95. The standard InChI is InChI=1S/C19H23NO3/c1-22-15-5-6-16-13(10-15)4-3-8-20-9-7-14-11-18(21)19(23-2)12-17(14)16/h5-6,10-12,20-21H,3-4,7-9H2,1-2H3. The van der Waals surface area contributed by atoms with Gasteiger partial charge in [-0.1, -0.05) is 6.07 Å². The molecular formula is C19H23NO3. The van der Waals surface area contributed by atoms with Crippen LogP contribution in [0.2, 0.25) is 0 Å². The maximum absolute atomic E-state index is 10.1. The maximum atomic E-state index is 10.1. The minimum Gasteiger partial charge on any atom is -0.504 e. The van der Waals surface area contributed by atoms with Crippen LogP contribution in [0, 0.1) is 0 Å². The molecule has 1 heterocycles. The summed E-state index contributed by atoms with van der Waals surface area (Å²) in [6.45, 7) is 1.90. The van der Waals surface area contributed by atoms with E-state index in [4.69, 9.17) is 9.47 Å². The minimum atomic E-state index is 0.193. The SMILES string of the molecule is COc1ccc2c(c1)CCCNCCc1cc(O)c(OC)cc1-2. The molecule has 4 nitrogen and oxygen atoms in total. The normalized spacial score (nSPS) is 14.5. The predicted octanol–water partition coefficient (Wildman–Crippen LogP) is 3.15. The molecule has 0 spiro atoms.